The summed E-state index contributed by atoms with van der Waals surface area (Å²) in [6.07, 6.45) is 0.726. The molecule has 1 amide bonds. The first-order valence-electron chi connectivity index (χ1n) is 10.1. The van der Waals surface area contributed by atoms with Gasteiger partial charge in [0.2, 0.25) is 0 Å². The van der Waals surface area contributed by atoms with Gasteiger partial charge in [-0.25, -0.2) is 0 Å². The molecule has 2 aromatic rings. The first-order chi connectivity index (χ1) is 15.4. The molecule has 1 aliphatic heterocycles. The number of carbonyl (C=O) groups is 1. The van der Waals surface area contributed by atoms with E-state index in [-0.39, 0.29) is 30.1 Å². The average Bonchev–Trinajstić information content (AvgIpc) is 3.22. The van der Waals surface area contributed by atoms with E-state index in [9.17, 15) is 13.6 Å². The lowest BCUT2D eigenvalue weighted by molar-refractivity contribution is -0.0519. The van der Waals surface area contributed by atoms with Crippen molar-refractivity contribution in [1.29, 1.82) is 0 Å². The van der Waals surface area contributed by atoms with E-state index < -0.39 is 12.8 Å². The maximum absolute atomic E-state index is 12.7. The zero-order valence-corrected chi connectivity index (χ0v) is 18.1. The summed E-state index contributed by atoms with van der Waals surface area (Å²) in [5.74, 6) is -0.0877. The molecule has 0 aromatic heterocycles. The molecule has 1 aliphatic rings. The minimum Gasteiger partial charge on any atom is -0.487 e. The fourth-order valence-electron chi connectivity index (χ4n) is 3.16. The lowest BCUT2D eigenvalue weighted by atomic mass is 10.1. The number of benzene rings is 2. The number of ether oxygens (including phenoxy) is 4. The number of methoxy groups -OCH3 is 1. The van der Waals surface area contributed by atoms with Crippen molar-refractivity contribution in [3.8, 4) is 11.5 Å². The Hall–Kier alpha value is -3.33. The third kappa shape index (κ3) is 6.10. The summed E-state index contributed by atoms with van der Waals surface area (Å²) in [6.45, 7) is 1.18. The van der Waals surface area contributed by atoms with Crippen molar-refractivity contribution in [3.05, 3.63) is 71.1 Å². The van der Waals surface area contributed by atoms with Gasteiger partial charge in [-0.3, -0.25) is 4.79 Å². The maximum Gasteiger partial charge on any atom is 0.387 e. The zero-order chi connectivity index (χ0) is 23.1. The molecule has 0 radical (unpaired) electrons. The van der Waals surface area contributed by atoms with E-state index in [4.69, 9.17) is 14.2 Å². The van der Waals surface area contributed by atoms with Crippen LogP contribution in [0.5, 0.6) is 11.5 Å². The Labute approximate surface area is 185 Å². The Balaban J connectivity index is 1.62. The highest BCUT2D eigenvalue weighted by Gasteiger charge is 2.22. The fraction of sp³-hybridized carbons (Fsp3) is 0.348. The minimum atomic E-state index is -2.96. The Kier molecular flexibility index (Phi) is 7.88. The Morgan fingerprint density at radius 1 is 1.16 bits per heavy atom. The average molecular weight is 448 g/mol. The lowest BCUT2D eigenvalue weighted by Gasteiger charge is -2.18. The number of hydrogen-bond acceptors (Lipinski definition) is 6. The van der Waals surface area contributed by atoms with Crippen molar-refractivity contribution in [3.63, 3.8) is 0 Å². The molecule has 172 valence electrons. The summed E-state index contributed by atoms with van der Waals surface area (Å²) >= 11 is 0. The number of halogens is 2. The van der Waals surface area contributed by atoms with Crippen LogP contribution >= 0.6 is 0 Å². The van der Waals surface area contributed by atoms with Gasteiger partial charge < -0.3 is 29.6 Å². The number of alkyl halides is 2. The number of hydrogen-bond donors (Lipinski definition) is 2. The largest absolute Gasteiger partial charge is 0.487 e. The number of nitrogens with one attached hydrogen (secondary N) is 2. The molecule has 32 heavy (non-hydrogen) atoms. The lowest BCUT2D eigenvalue weighted by Crippen LogP contribution is -2.30. The van der Waals surface area contributed by atoms with Crippen molar-refractivity contribution < 1.29 is 32.5 Å². The molecule has 0 fully saturated rings. The second-order valence-electron chi connectivity index (χ2n) is 7.33. The van der Waals surface area contributed by atoms with Crippen molar-refractivity contribution >= 4 is 5.91 Å². The van der Waals surface area contributed by atoms with E-state index >= 15 is 0 Å². The van der Waals surface area contributed by atoms with Gasteiger partial charge in [-0.05, 0) is 43.7 Å². The predicted molar refractivity (Wildman–Crippen MR) is 113 cm³/mol. The fourth-order valence-corrected chi connectivity index (χ4v) is 3.16. The summed E-state index contributed by atoms with van der Waals surface area (Å²) in [5.41, 5.74) is 2.64. The topological polar surface area (TPSA) is 78.1 Å². The van der Waals surface area contributed by atoms with Gasteiger partial charge >= 0.3 is 6.61 Å². The predicted octanol–water partition coefficient (Wildman–Crippen LogP) is 4.11. The summed E-state index contributed by atoms with van der Waals surface area (Å²) in [7, 11) is 1.57. The normalized spacial score (nSPS) is 15.2. The van der Waals surface area contributed by atoms with Gasteiger partial charge in [0, 0.05) is 18.2 Å². The smallest absolute Gasteiger partial charge is 0.387 e. The second kappa shape index (κ2) is 10.8. The van der Waals surface area contributed by atoms with E-state index in [0.717, 1.165) is 5.56 Å². The van der Waals surface area contributed by atoms with E-state index in [1.807, 2.05) is 12.1 Å². The van der Waals surface area contributed by atoms with Crippen LogP contribution in [0.4, 0.5) is 8.78 Å². The van der Waals surface area contributed by atoms with Crippen LogP contribution in [-0.2, 0) is 16.1 Å². The number of amides is 1. The molecule has 9 heteroatoms. The van der Waals surface area contributed by atoms with Crippen molar-refractivity contribution in [2.75, 3.05) is 13.7 Å². The molecule has 1 atom stereocenters. The molecule has 2 aromatic carbocycles. The zero-order valence-electron chi connectivity index (χ0n) is 18.1. The third-order valence-electron chi connectivity index (χ3n) is 4.51. The SMILES string of the molecule is COCc1ccccc1C(=O)NCC1=COC(c2ccc(OC(F)F)c(OC(C)C)c2)N1. The minimum absolute atomic E-state index is 0.0504. The van der Waals surface area contributed by atoms with Crippen molar-refractivity contribution in [1.82, 2.24) is 10.6 Å². The van der Waals surface area contributed by atoms with Crippen LogP contribution in [0.25, 0.3) is 0 Å². The molecule has 3 rings (SSSR count). The molecule has 1 unspecified atom stereocenters. The summed E-state index contributed by atoms with van der Waals surface area (Å²) < 4.78 is 46.3. The van der Waals surface area contributed by atoms with Gasteiger partial charge in [0.15, 0.2) is 17.7 Å². The highest BCUT2D eigenvalue weighted by atomic mass is 19.3. The Morgan fingerprint density at radius 2 is 1.94 bits per heavy atom. The van der Waals surface area contributed by atoms with Gasteiger partial charge in [0.05, 0.1) is 25.0 Å². The van der Waals surface area contributed by atoms with Crippen LogP contribution in [0, 0.1) is 0 Å². The van der Waals surface area contributed by atoms with E-state index in [1.54, 1.807) is 45.2 Å². The molecule has 7 nitrogen and oxygen atoms in total. The first-order valence-corrected chi connectivity index (χ1v) is 10.1. The van der Waals surface area contributed by atoms with Crippen LogP contribution in [0.1, 0.15) is 41.6 Å². The Morgan fingerprint density at radius 3 is 2.66 bits per heavy atom. The standard InChI is InChI=1S/C23H26F2N2O5/c1-14(2)31-20-10-15(8-9-19(20)32-23(24)25)22-27-17(13-30-22)11-26-21(28)18-7-5-4-6-16(18)12-29-3/h4-10,13-14,22-23,27H,11-12H2,1-3H3,(H,26,28). The van der Waals surface area contributed by atoms with Crippen molar-refractivity contribution in [2.24, 2.45) is 0 Å². The third-order valence-corrected chi connectivity index (χ3v) is 4.51. The molecule has 2 N–H and O–H groups in total. The Bertz CT molecular complexity index is 965. The molecular formula is C23H26F2N2O5. The molecule has 0 aliphatic carbocycles. The molecule has 0 spiro atoms. The molecule has 0 saturated heterocycles. The van der Waals surface area contributed by atoms with E-state index in [2.05, 4.69) is 15.4 Å². The molecule has 1 heterocycles. The van der Waals surface area contributed by atoms with Crippen molar-refractivity contribution in [2.45, 2.75) is 39.4 Å². The monoisotopic (exact) mass is 448 g/mol. The molecular weight excluding hydrogens is 422 g/mol. The summed E-state index contributed by atoms with van der Waals surface area (Å²) in [5, 5.41) is 6.00. The second-order valence-corrected chi connectivity index (χ2v) is 7.33. The van der Waals surface area contributed by atoms with Crippen LogP contribution in [-0.4, -0.2) is 32.3 Å². The quantitative estimate of drug-likeness (QED) is 0.570. The van der Waals surface area contributed by atoms with Crippen LogP contribution in [0.3, 0.4) is 0 Å². The molecule has 0 bridgehead atoms. The van der Waals surface area contributed by atoms with Crippen LogP contribution < -0.4 is 20.1 Å². The van der Waals surface area contributed by atoms with Gasteiger partial charge in [0.25, 0.3) is 5.91 Å². The van der Waals surface area contributed by atoms with E-state index in [0.29, 0.717) is 23.4 Å². The summed E-state index contributed by atoms with van der Waals surface area (Å²) in [6, 6.07) is 11.8. The number of rotatable bonds is 10. The van der Waals surface area contributed by atoms with Crippen LogP contribution in [0.15, 0.2) is 54.4 Å². The highest BCUT2D eigenvalue weighted by Crippen LogP contribution is 2.34. The summed E-state index contributed by atoms with van der Waals surface area (Å²) in [4.78, 5) is 12.6. The van der Waals surface area contributed by atoms with Crippen LogP contribution in [0.2, 0.25) is 0 Å². The van der Waals surface area contributed by atoms with Gasteiger partial charge in [-0.15, -0.1) is 0 Å². The van der Waals surface area contributed by atoms with Gasteiger partial charge in [0.1, 0.15) is 6.26 Å². The molecule has 0 saturated carbocycles. The van der Waals surface area contributed by atoms with E-state index in [1.165, 1.54) is 12.3 Å². The highest BCUT2D eigenvalue weighted by molar-refractivity contribution is 5.95. The van der Waals surface area contributed by atoms with Gasteiger partial charge in [-0.1, -0.05) is 18.2 Å². The number of carbonyl (C=O) groups excluding carboxylic acids is 1. The maximum atomic E-state index is 12.7. The van der Waals surface area contributed by atoms with Gasteiger partial charge in [-0.2, -0.15) is 8.78 Å². The first kappa shape index (κ1) is 23.3.